The van der Waals surface area contributed by atoms with Crippen molar-refractivity contribution < 1.29 is 4.74 Å². The molecule has 0 aliphatic heterocycles. The molecule has 56 valence electrons. The van der Waals surface area contributed by atoms with Gasteiger partial charge in [-0.3, -0.25) is 0 Å². The Labute approximate surface area is 66.0 Å². The highest BCUT2D eigenvalue weighted by molar-refractivity contribution is 5.36. The number of nitriles is 1. The largest absolute Gasteiger partial charge is 0.380 e. The third-order valence-corrected chi connectivity index (χ3v) is 1.44. The van der Waals surface area contributed by atoms with Gasteiger partial charge in [0.25, 0.3) is 0 Å². The molecule has 0 aliphatic rings. The SMILES string of the molecule is COCc1ccccc1C#N. The Morgan fingerprint density at radius 2 is 2.18 bits per heavy atom. The van der Waals surface area contributed by atoms with Crippen LogP contribution in [0, 0.1) is 11.3 Å². The number of rotatable bonds is 2. The Kier molecular flexibility index (Phi) is 2.65. The van der Waals surface area contributed by atoms with Crippen LogP contribution in [0.5, 0.6) is 0 Å². The maximum absolute atomic E-state index is 8.64. The summed E-state index contributed by atoms with van der Waals surface area (Å²) in [5.41, 5.74) is 1.63. The summed E-state index contributed by atoms with van der Waals surface area (Å²) in [5.74, 6) is 0. The first kappa shape index (κ1) is 7.77. The van der Waals surface area contributed by atoms with Crippen LogP contribution in [0.3, 0.4) is 0 Å². The van der Waals surface area contributed by atoms with Gasteiger partial charge >= 0.3 is 0 Å². The van der Waals surface area contributed by atoms with E-state index >= 15 is 0 Å². The second-order valence-corrected chi connectivity index (χ2v) is 2.20. The fourth-order valence-corrected chi connectivity index (χ4v) is 0.911. The highest BCUT2D eigenvalue weighted by atomic mass is 16.5. The molecule has 2 nitrogen and oxygen atoms in total. The number of methoxy groups -OCH3 is 1. The Morgan fingerprint density at radius 3 is 2.82 bits per heavy atom. The first-order valence-corrected chi connectivity index (χ1v) is 3.35. The van der Waals surface area contributed by atoms with Gasteiger partial charge < -0.3 is 4.74 Å². The molecule has 0 heterocycles. The molecule has 1 aromatic carbocycles. The zero-order valence-electron chi connectivity index (χ0n) is 6.37. The minimum Gasteiger partial charge on any atom is -0.380 e. The van der Waals surface area contributed by atoms with E-state index in [0.717, 1.165) is 5.56 Å². The van der Waals surface area contributed by atoms with Gasteiger partial charge in [-0.05, 0) is 11.6 Å². The van der Waals surface area contributed by atoms with Gasteiger partial charge in [-0.2, -0.15) is 5.26 Å². The highest BCUT2D eigenvalue weighted by Gasteiger charge is 1.97. The van der Waals surface area contributed by atoms with Crippen LogP contribution >= 0.6 is 0 Å². The van der Waals surface area contributed by atoms with Gasteiger partial charge in [-0.25, -0.2) is 0 Å². The molecule has 2 heteroatoms. The van der Waals surface area contributed by atoms with Gasteiger partial charge in [0.05, 0.1) is 18.2 Å². The van der Waals surface area contributed by atoms with Crippen molar-refractivity contribution in [2.45, 2.75) is 6.61 Å². The van der Waals surface area contributed by atoms with Gasteiger partial charge in [0.15, 0.2) is 0 Å². The van der Waals surface area contributed by atoms with Gasteiger partial charge in [-0.1, -0.05) is 18.2 Å². The Morgan fingerprint density at radius 1 is 1.45 bits per heavy atom. The van der Waals surface area contributed by atoms with Crippen molar-refractivity contribution in [3.05, 3.63) is 35.4 Å². The van der Waals surface area contributed by atoms with Crippen molar-refractivity contribution in [1.82, 2.24) is 0 Å². The number of hydrogen-bond acceptors (Lipinski definition) is 2. The van der Waals surface area contributed by atoms with Crippen LogP contribution in [0.4, 0.5) is 0 Å². The monoisotopic (exact) mass is 147 g/mol. The lowest BCUT2D eigenvalue weighted by molar-refractivity contribution is 0.184. The predicted octanol–water partition coefficient (Wildman–Crippen LogP) is 1.70. The lowest BCUT2D eigenvalue weighted by Gasteiger charge is -1.99. The fraction of sp³-hybridized carbons (Fsp3) is 0.222. The molecule has 0 spiro atoms. The highest BCUT2D eigenvalue weighted by Crippen LogP contribution is 2.07. The maximum atomic E-state index is 8.64. The molecule has 0 fully saturated rings. The van der Waals surface area contributed by atoms with Crippen molar-refractivity contribution in [2.24, 2.45) is 0 Å². The van der Waals surface area contributed by atoms with E-state index in [0.29, 0.717) is 12.2 Å². The summed E-state index contributed by atoms with van der Waals surface area (Å²) in [5, 5.41) is 8.64. The van der Waals surface area contributed by atoms with Crippen molar-refractivity contribution in [3.63, 3.8) is 0 Å². The number of hydrogen-bond donors (Lipinski definition) is 0. The van der Waals surface area contributed by atoms with Crippen LogP contribution < -0.4 is 0 Å². The molecular weight excluding hydrogens is 138 g/mol. The smallest absolute Gasteiger partial charge is 0.0995 e. The summed E-state index contributed by atoms with van der Waals surface area (Å²) in [6.45, 7) is 0.504. The Hall–Kier alpha value is -1.33. The van der Waals surface area contributed by atoms with Gasteiger partial charge in [0.1, 0.15) is 0 Å². The second kappa shape index (κ2) is 3.75. The van der Waals surface area contributed by atoms with E-state index in [1.165, 1.54) is 0 Å². The predicted molar refractivity (Wildman–Crippen MR) is 41.9 cm³/mol. The molecule has 0 amide bonds. The van der Waals surface area contributed by atoms with E-state index in [4.69, 9.17) is 10.00 Å². The van der Waals surface area contributed by atoms with E-state index in [-0.39, 0.29) is 0 Å². The van der Waals surface area contributed by atoms with Gasteiger partial charge in [0, 0.05) is 7.11 Å². The van der Waals surface area contributed by atoms with Crippen molar-refractivity contribution in [2.75, 3.05) is 7.11 Å². The average molecular weight is 147 g/mol. The molecule has 0 N–H and O–H groups in total. The lowest BCUT2D eigenvalue weighted by Crippen LogP contribution is -1.90. The summed E-state index contributed by atoms with van der Waals surface area (Å²) in [6.07, 6.45) is 0. The molecule has 11 heavy (non-hydrogen) atoms. The number of benzene rings is 1. The molecule has 1 aromatic rings. The minimum atomic E-state index is 0.504. The van der Waals surface area contributed by atoms with Crippen LogP contribution in [0.25, 0.3) is 0 Å². The topological polar surface area (TPSA) is 33.0 Å². The normalized spacial score (nSPS) is 9.09. The molecule has 0 aromatic heterocycles. The number of nitrogens with zero attached hydrogens (tertiary/aromatic N) is 1. The first-order chi connectivity index (χ1) is 5.38. The molecule has 0 aliphatic carbocycles. The molecule has 0 radical (unpaired) electrons. The Balaban J connectivity index is 2.95. The third-order valence-electron chi connectivity index (χ3n) is 1.44. The lowest BCUT2D eigenvalue weighted by atomic mass is 10.1. The molecule has 0 unspecified atom stereocenters. The van der Waals surface area contributed by atoms with Crippen LogP contribution in [0.1, 0.15) is 11.1 Å². The van der Waals surface area contributed by atoms with E-state index < -0.39 is 0 Å². The van der Waals surface area contributed by atoms with Crippen LogP contribution in [0.15, 0.2) is 24.3 Å². The van der Waals surface area contributed by atoms with Crippen molar-refractivity contribution in [3.8, 4) is 6.07 Å². The van der Waals surface area contributed by atoms with Crippen LogP contribution in [-0.4, -0.2) is 7.11 Å². The summed E-state index contributed by atoms with van der Waals surface area (Å²) >= 11 is 0. The quantitative estimate of drug-likeness (QED) is 0.637. The average Bonchev–Trinajstić information content (AvgIpc) is 2.06. The van der Waals surface area contributed by atoms with Crippen LogP contribution in [0.2, 0.25) is 0 Å². The van der Waals surface area contributed by atoms with Gasteiger partial charge in [0.2, 0.25) is 0 Å². The fourth-order valence-electron chi connectivity index (χ4n) is 0.911. The molecule has 0 saturated carbocycles. The molecule has 0 saturated heterocycles. The third kappa shape index (κ3) is 1.79. The second-order valence-electron chi connectivity index (χ2n) is 2.20. The van der Waals surface area contributed by atoms with Gasteiger partial charge in [-0.15, -0.1) is 0 Å². The summed E-state index contributed by atoms with van der Waals surface area (Å²) < 4.78 is 4.92. The van der Waals surface area contributed by atoms with E-state index in [1.54, 1.807) is 13.2 Å². The maximum Gasteiger partial charge on any atom is 0.0995 e. The number of ether oxygens (including phenoxy) is 1. The summed E-state index contributed by atoms with van der Waals surface area (Å²) in [6, 6.07) is 9.52. The minimum absolute atomic E-state index is 0.504. The molecule has 0 bridgehead atoms. The molecule has 1 rings (SSSR count). The zero-order valence-corrected chi connectivity index (χ0v) is 6.37. The Bertz CT molecular complexity index is 275. The summed E-state index contributed by atoms with van der Waals surface area (Å²) in [7, 11) is 1.62. The molecular formula is C9H9NO. The van der Waals surface area contributed by atoms with Crippen molar-refractivity contribution in [1.29, 1.82) is 5.26 Å². The standard InChI is InChI=1S/C9H9NO/c1-11-7-9-5-3-2-4-8(9)6-10/h2-5H,7H2,1H3. The van der Waals surface area contributed by atoms with E-state index in [9.17, 15) is 0 Å². The van der Waals surface area contributed by atoms with E-state index in [1.807, 2.05) is 18.2 Å². The van der Waals surface area contributed by atoms with Crippen LogP contribution in [-0.2, 0) is 11.3 Å². The first-order valence-electron chi connectivity index (χ1n) is 3.35. The van der Waals surface area contributed by atoms with E-state index in [2.05, 4.69) is 6.07 Å². The molecule has 0 atom stereocenters. The zero-order chi connectivity index (χ0) is 8.10. The van der Waals surface area contributed by atoms with Crippen molar-refractivity contribution >= 4 is 0 Å². The summed E-state index contributed by atoms with van der Waals surface area (Å²) in [4.78, 5) is 0.